The number of benzene rings is 2. The molecule has 0 saturated carbocycles. The Morgan fingerprint density at radius 1 is 1.09 bits per heavy atom. The first-order chi connectivity index (χ1) is 10.6. The summed E-state index contributed by atoms with van der Waals surface area (Å²) in [5.74, 6) is -0.561. The largest absolute Gasteiger partial charge is 0.299 e. The lowest BCUT2D eigenvalue weighted by molar-refractivity contribution is 0.103. The van der Waals surface area contributed by atoms with Crippen molar-refractivity contribution < 1.29 is 9.18 Å². The summed E-state index contributed by atoms with van der Waals surface area (Å²) in [6.45, 7) is 3.11. The van der Waals surface area contributed by atoms with E-state index in [9.17, 15) is 9.18 Å². The van der Waals surface area contributed by atoms with Crippen molar-refractivity contribution in [2.75, 3.05) is 13.1 Å². The lowest BCUT2D eigenvalue weighted by Gasteiger charge is -2.15. The molecular weight excluding hydrogens is 345 g/mol. The van der Waals surface area contributed by atoms with Crippen LogP contribution in [0.3, 0.4) is 0 Å². The van der Waals surface area contributed by atoms with Crippen LogP contribution in [0.5, 0.6) is 0 Å². The Kier molecular flexibility index (Phi) is 4.69. The van der Waals surface area contributed by atoms with Gasteiger partial charge in [-0.3, -0.25) is 9.69 Å². The van der Waals surface area contributed by atoms with Crippen molar-refractivity contribution in [2.45, 2.75) is 19.4 Å². The zero-order valence-corrected chi connectivity index (χ0v) is 13.8. The number of rotatable bonds is 4. The third-order valence-corrected chi connectivity index (χ3v) is 4.62. The molecule has 0 spiro atoms. The van der Waals surface area contributed by atoms with Crippen LogP contribution in [0.25, 0.3) is 0 Å². The van der Waals surface area contributed by atoms with Crippen LogP contribution < -0.4 is 0 Å². The minimum Gasteiger partial charge on any atom is -0.299 e. The summed E-state index contributed by atoms with van der Waals surface area (Å²) < 4.78 is 14.0. The van der Waals surface area contributed by atoms with Crippen molar-refractivity contribution in [1.29, 1.82) is 0 Å². The predicted molar refractivity (Wildman–Crippen MR) is 88.5 cm³/mol. The highest BCUT2D eigenvalue weighted by Crippen LogP contribution is 2.20. The van der Waals surface area contributed by atoms with E-state index in [4.69, 9.17) is 0 Å². The van der Waals surface area contributed by atoms with E-state index in [0.29, 0.717) is 15.6 Å². The van der Waals surface area contributed by atoms with E-state index in [-0.39, 0.29) is 5.78 Å². The molecule has 0 radical (unpaired) electrons. The number of ketones is 1. The summed E-state index contributed by atoms with van der Waals surface area (Å²) in [6, 6.07) is 12.1. The van der Waals surface area contributed by atoms with E-state index >= 15 is 0 Å². The summed E-state index contributed by atoms with van der Waals surface area (Å²) in [5.41, 5.74) is 2.11. The third kappa shape index (κ3) is 3.45. The first-order valence-corrected chi connectivity index (χ1v) is 8.24. The van der Waals surface area contributed by atoms with Crippen molar-refractivity contribution in [3.8, 4) is 0 Å². The molecule has 0 aliphatic carbocycles. The first-order valence-electron chi connectivity index (χ1n) is 7.44. The summed E-state index contributed by atoms with van der Waals surface area (Å²) in [4.78, 5) is 14.9. The molecule has 0 aromatic heterocycles. The number of hydrogen-bond donors (Lipinski definition) is 0. The number of halogens is 2. The third-order valence-electron chi connectivity index (χ3n) is 3.98. The van der Waals surface area contributed by atoms with Gasteiger partial charge in [0.15, 0.2) is 5.78 Å². The summed E-state index contributed by atoms with van der Waals surface area (Å²) in [5, 5.41) is 0. The maximum atomic E-state index is 13.6. The first kappa shape index (κ1) is 15.4. The zero-order valence-electron chi connectivity index (χ0n) is 12.2. The average Bonchev–Trinajstić information content (AvgIpc) is 3.02. The molecule has 1 saturated heterocycles. The van der Waals surface area contributed by atoms with Crippen LogP contribution >= 0.6 is 15.9 Å². The Labute approximate surface area is 138 Å². The molecule has 1 fully saturated rings. The summed E-state index contributed by atoms with van der Waals surface area (Å²) >= 11 is 3.10. The molecule has 4 heteroatoms. The quantitative estimate of drug-likeness (QED) is 0.751. The highest BCUT2D eigenvalue weighted by molar-refractivity contribution is 9.10. The fourth-order valence-corrected chi connectivity index (χ4v) is 3.06. The molecule has 2 aromatic rings. The average molecular weight is 362 g/mol. The highest BCUT2D eigenvalue weighted by atomic mass is 79.9. The Balaban J connectivity index is 1.81. The number of carbonyl (C=O) groups is 1. The van der Waals surface area contributed by atoms with Gasteiger partial charge in [-0.2, -0.15) is 0 Å². The zero-order chi connectivity index (χ0) is 15.5. The second-order valence-corrected chi connectivity index (χ2v) is 6.50. The predicted octanol–water partition coefficient (Wildman–Crippen LogP) is 4.42. The van der Waals surface area contributed by atoms with E-state index < -0.39 is 5.82 Å². The van der Waals surface area contributed by atoms with Gasteiger partial charge >= 0.3 is 0 Å². The second-order valence-electron chi connectivity index (χ2n) is 5.64. The van der Waals surface area contributed by atoms with Crippen LogP contribution in [0, 0.1) is 5.82 Å². The standard InChI is InChI=1S/C18H17BrFNO/c19-16-7-6-15(11-17(16)20)18(22)14-5-3-4-13(10-14)12-21-8-1-2-9-21/h3-7,10-11H,1-2,8-9,12H2. The monoisotopic (exact) mass is 361 g/mol. The molecule has 0 unspecified atom stereocenters. The van der Waals surface area contributed by atoms with Crippen molar-refractivity contribution in [3.63, 3.8) is 0 Å². The van der Waals surface area contributed by atoms with Crippen molar-refractivity contribution in [2.24, 2.45) is 0 Å². The maximum Gasteiger partial charge on any atom is 0.193 e. The summed E-state index contributed by atoms with van der Waals surface area (Å²) in [6.07, 6.45) is 2.49. The lowest BCUT2D eigenvalue weighted by Crippen LogP contribution is -2.18. The van der Waals surface area contributed by atoms with Gasteiger partial charge in [0, 0.05) is 17.7 Å². The van der Waals surface area contributed by atoms with Gasteiger partial charge in [0.05, 0.1) is 4.47 Å². The fraction of sp³-hybridized carbons (Fsp3) is 0.278. The smallest absolute Gasteiger partial charge is 0.193 e. The van der Waals surface area contributed by atoms with Gasteiger partial charge < -0.3 is 0 Å². The van der Waals surface area contributed by atoms with Gasteiger partial charge in [0.1, 0.15) is 5.82 Å². The molecule has 1 heterocycles. The van der Waals surface area contributed by atoms with Crippen LogP contribution in [0.1, 0.15) is 34.3 Å². The van der Waals surface area contributed by atoms with E-state index in [1.165, 1.54) is 18.9 Å². The van der Waals surface area contributed by atoms with Crippen molar-refractivity contribution in [1.82, 2.24) is 4.90 Å². The molecule has 1 aliphatic rings. The van der Waals surface area contributed by atoms with Crippen molar-refractivity contribution >= 4 is 21.7 Å². The molecule has 0 atom stereocenters. The molecule has 0 amide bonds. The SMILES string of the molecule is O=C(c1cccc(CN2CCCC2)c1)c1ccc(Br)c(F)c1. The lowest BCUT2D eigenvalue weighted by atomic mass is 10.0. The maximum absolute atomic E-state index is 13.6. The van der Waals surface area contributed by atoms with E-state index in [2.05, 4.69) is 20.8 Å². The van der Waals surface area contributed by atoms with Gasteiger partial charge in [0.2, 0.25) is 0 Å². The Bertz CT molecular complexity index is 695. The van der Waals surface area contributed by atoms with Gasteiger partial charge in [-0.05, 0) is 71.7 Å². The Morgan fingerprint density at radius 3 is 2.55 bits per heavy atom. The van der Waals surface area contributed by atoms with Gasteiger partial charge in [-0.1, -0.05) is 18.2 Å². The Hall–Kier alpha value is -1.52. The molecule has 114 valence electrons. The topological polar surface area (TPSA) is 20.3 Å². The second kappa shape index (κ2) is 6.71. The van der Waals surface area contributed by atoms with Crippen LogP contribution in [0.15, 0.2) is 46.9 Å². The van der Waals surface area contributed by atoms with Gasteiger partial charge in [-0.15, -0.1) is 0 Å². The number of hydrogen-bond acceptors (Lipinski definition) is 2. The Morgan fingerprint density at radius 2 is 1.82 bits per heavy atom. The molecule has 2 nitrogen and oxygen atoms in total. The molecule has 2 aromatic carbocycles. The van der Waals surface area contributed by atoms with Crippen LogP contribution in [-0.2, 0) is 6.54 Å². The summed E-state index contributed by atoms with van der Waals surface area (Å²) in [7, 11) is 0. The van der Waals surface area contributed by atoms with Crippen molar-refractivity contribution in [3.05, 3.63) is 69.4 Å². The molecule has 1 aliphatic heterocycles. The van der Waals surface area contributed by atoms with Crippen LogP contribution in [-0.4, -0.2) is 23.8 Å². The fourth-order valence-electron chi connectivity index (χ4n) is 2.81. The molecule has 0 bridgehead atoms. The minimum atomic E-state index is -0.418. The molecule has 0 N–H and O–H groups in total. The van der Waals surface area contributed by atoms with E-state index in [0.717, 1.165) is 25.2 Å². The molecule has 22 heavy (non-hydrogen) atoms. The molecular formula is C18H17BrFNO. The van der Waals surface area contributed by atoms with Gasteiger partial charge in [-0.25, -0.2) is 4.39 Å². The molecule has 3 rings (SSSR count). The van der Waals surface area contributed by atoms with Crippen LogP contribution in [0.2, 0.25) is 0 Å². The highest BCUT2D eigenvalue weighted by Gasteiger charge is 2.14. The van der Waals surface area contributed by atoms with E-state index in [1.807, 2.05) is 18.2 Å². The van der Waals surface area contributed by atoms with Crippen LogP contribution in [0.4, 0.5) is 4.39 Å². The number of carbonyl (C=O) groups excluding carboxylic acids is 1. The number of nitrogens with zero attached hydrogens (tertiary/aromatic N) is 1. The normalized spacial score (nSPS) is 15.2. The number of likely N-dealkylation sites (tertiary alicyclic amines) is 1. The van der Waals surface area contributed by atoms with E-state index in [1.54, 1.807) is 18.2 Å². The minimum absolute atomic E-state index is 0.144. The van der Waals surface area contributed by atoms with Gasteiger partial charge in [0.25, 0.3) is 0 Å².